The standard InChI is InChI=1S/C16H26N2O2/c1-11(9-19)18-15(20)13-7-6-8-14(12(13)2)17-10-16(3,4)5/h6-8,11,17,19H,9-10H2,1-5H3,(H,18,20). The molecule has 1 unspecified atom stereocenters. The SMILES string of the molecule is Cc1c(NCC(C)(C)C)cccc1C(=O)NC(C)CO. The fraction of sp³-hybridized carbons (Fsp3) is 0.562. The van der Waals surface area contributed by atoms with Crippen LogP contribution in [-0.4, -0.2) is 30.2 Å². The second-order valence-electron chi connectivity index (χ2n) is 6.45. The number of aliphatic hydroxyl groups excluding tert-OH is 1. The zero-order valence-electron chi connectivity index (χ0n) is 13.1. The van der Waals surface area contributed by atoms with E-state index < -0.39 is 0 Å². The molecule has 4 nitrogen and oxygen atoms in total. The van der Waals surface area contributed by atoms with Gasteiger partial charge in [0.1, 0.15) is 0 Å². The minimum Gasteiger partial charge on any atom is -0.394 e. The molecule has 1 amide bonds. The Morgan fingerprint density at radius 3 is 2.55 bits per heavy atom. The molecule has 0 bridgehead atoms. The third-order valence-corrected chi connectivity index (χ3v) is 3.04. The molecule has 0 fully saturated rings. The number of amides is 1. The third-order valence-electron chi connectivity index (χ3n) is 3.04. The Balaban J connectivity index is 2.87. The maximum Gasteiger partial charge on any atom is 0.251 e. The molecule has 1 atom stereocenters. The summed E-state index contributed by atoms with van der Waals surface area (Å²) in [7, 11) is 0. The van der Waals surface area contributed by atoms with Gasteiger partial charge in [-0.2, -0.15) is 0 Å². The van der Waals surface area contributed by atoms with Crippen LogP contribution in [0.5, 0.6) is 0 Å². The summed E-state index contributed by atoms with van der Waals surface area (Å²) in [6.45, 7) is 11.0. The van der Waals surface area contributed by atoms with Crippen molar-refractivity contribution in [3.8, 4) is 0 Å². The highest BCUT2D eigenvalue weighted by atomic mass is 16.3. The number of benzene rings is 1. The van der Waals surface area contributed by atoms with Gasteiger partial charge in [-0.25, -0.2) is 0 Å². The molecule has 0 radical (unpaired) electrons. The maximum absolute atomic E-state index is 12.1. The lowest BCUT2D eigenvalue weighted by molar-refractivity contribution is 0.0921. The van der Waals surface area contributed by atoms with Crippen molar-refractivity contribution < 1.29 is 9.90 Å². The van der Waals surface area contributed by atoms with Crippen LogP contribution in [0.25, 0.3) is 0 Å². The highest BCUT2D eigenvalue weighted by Gasteiger charge is 2.15. The normalized spacial score (nSPS) is 12.9. The molecule has 0 aliphatic carbocycles. The molecule has 0 aromatic heterocycles. The van der Waals surface area contributed by atoms with E-state index in [-0.39, 0.29) is 24.0 Å². The Labute approximate surface area is 121 Å². The van der Waals surface area contributed by atoms with Crippen LogP contribution in [0.15, 0.2) is 18.2 Å². The number of hydrogen-bond acceptors (Lipinski definition) is 3. The lowest BCUT2D eigenvalue weighted by Crippen LogP contribution is -2.35. The first kappa shape index (κ1) is 16.5. The smallest absolute Gasteiger partial charge is 0.251 e. The molecule has 0 heterocycles. The quantitative estimate of drug-likeness (QED) is 0.775. The topological polar surface area (TPSA) is 61.4 Å². The van der Waals surface area contributed by atoms with Crippen molar-refractivity contribution in [1.82, 2.24) is 5.32 Å². The largest absolute Gasteiger partial charge is 0.394 e. The Morgan fingerprint density at radius 2 is 2.00 bits per heavy atom. The first-order chi connectivity index (χ1) is 9.24. The van der Waals surface area contributed by atoms with Gasteiger partial charge in [0.05, 0.1) is 6.61 Å². The Hall–Kier alpha value is -1.55. The molecule has 1 aromatic carbocycles. The van der Waals surface area contributed by atoms with E-state index in [1.807, 2.05) is 19.1 Å². The van der Waals surface area contributed by atoms with Crippen LogP contribution >= 0.6 is 0 Å². The summed E-state index contributed by atoms with van der Waals surface area (Å²) in [5.41, 5.74) is 2.73. The van der Waals surface area contributed by atoms with Crippen molar-refractivity contribution in [1.29, 1.82) is 0 Å². The molecule has 4 heteroatoms. The minimum atomic E-state index is -0.243. The monoisotopic (exact) mass is 278 g/mol. The second-order valence-corrected chi connectivity index (χ2v) is 6.45. The van der Waals surface area contributed by atoms with E-state index in [1.54, 1.807) is 13.0 Å². The predicted molar refractivity (Wildman–Crippen MR) is 83.1 cm³/mol. The summed E-state index contributed by atoms with van der Waals surface area (Å²) in [5.74, 6) is -0.150. The number of carbonyl (C=O) groups is 1. The average molecular weight is 278 g/mol. The van der Waals surface area contributed by atoms with Crippen LogP contribution in [0.1, 0.15) is 43.6 Å². The number of nitrogens with one attached hydrogen (secondary N) is 2. The molecule has 0 aliphatic rings. The molecule has 112 valence electrons. The van der Waals surface area contributed by atoms with Crippen molar-refractivity contribution in [3.63, 3.8) is 0 Å². The minimum absolute atomic E-state index is 0.0627. The van der Waals surface area contributed by atoms with Crippen LogP contribution in [0.3, 0.4) is 0 Å². The molecule has 0 saturated carbocycles. The highest BCUT2D eigenvalue weighted by Crippen LogP contribution is 2.21. The van der Waals surface area contributed by atoms with Gasteiger partial charge < -0.3 is 15.7 Å². The van der Waals surface area contributed by atoms with Gasteiger partial charge in [-0.3, -0.25) is 4.79 Å². The van der Waals surface area contributed by atoms with E-state index in [4.69, 9.17) is 5.11 Å². The van der Waals surface area contributed by atoms with E-state index in [1.165, 1.54) is 0 Å². The van der Waals surface area contributed by atoms with Crippen LogP contribution in [-0.2, 0) is 0 Å². The maximum atomic E-state index is 12.1. The van der Waals surface area contributed by atoms with E-state index in [0.717, 1.165) is 17.8 Å². The molecule has 1 aromatic rings. The summed E-state index contributed by atoms with van der Waals surface area (Å²) in [6, 6.07) is 5.41. The van der Waals surface area contributed by atoms with Crippen LogP contribution in [0, 0.1) is 12.3 Å². The summed E-state index contributed by atoms with van der Waals surface area (Å²) < 4.78 is 0. The zero-order valence-corrected chi connectivity index (χ0v) is 13.1. The number of hydrogen-bond donors (Lipinski definition) is 3. The number of anilines is 1. The molecular formula is C16H26N2O2. The summed E-state index contributed by atoms with van der Waals surface area (Å²) in [6.07, 6.45) is 0. The first-order valence-corrected chi connectivity index (χ1v) is 7.00. The summed E-state index contributed by atoms with van der Waals surface area (Å²) >= 11 is 0. The van der Waals surface area contributed by atoms with E-state index in [2.05, 4.69) is 31.4 Å². The summed E-state index contributed by atoms with van der Waals surface area (Å²) in [5, 5.41) is 15.2. The van der Waals surface area contributed by atoms with Gasteiger partial charge in [0.15, 0.2) is 0 Å². The van der Waals surface area contributed by atoms with Crippen molar-refractivity contribution in [2.45, 2.75) is 40.7 Å². The van der Waals surface area contributed by atoms with Gasteiger partial charge in [0.25, 0.3) is 5.91 Å². The molecule has 0 spiro atoms. The second kappa shape index (κ2) is 6.75. The molecule has 0 aliphatic heterocycles. The molecule has 3 N–H and O–H groups in total. The number of rotatable bonds is 5. The number of carbonyl (C=O) groups excluding carboxylic acids is 1. The fourth-order valence-corrected chi connectivity index (χ4v) is 1.78. The van der Waals surface area contributed by atoms with Crippen LogP contribution < -0.4 is 10.6 Å². The lowest BCUT2D eigenvalue weighted by Gasteiger charge is -2.21. The van der Waals surface area contributed by atoms with Gasteiger partial charge >= 0.3 is 0 Å². The van der Waals surface area contributed by atoms with Gasteiger partial charge in [-0.05, 0) is 37.0 Å². The fourth-order valence-electron chi connectivity index (χ4n) is 1.78. The van der Waals surface area contributed by atoms with Crippen molar-refractivity contribution in [3.05, 3.63) is 29.3 Å². The third kappa shape index (κ3) is 4.85. The van der Waals surface area contributed by atoms with Gasteiger partial charge in [-0.15, -0.1) is 0 Å². The molecule has 20 heavy (non-hydrogen) atoms. The van der Waals surface area contributed by atoms with E-state index in [0.29, 0.717) is 5.56 Å². The van der Waals surface area contributed by atoms with Crippen LogP contribution in [0.2, 0.25) is 0 Å². The van der Waals surface area contributed by atoms with E-state index >= 15 is 0 Å². The first-order valence-electron chi connectivity index (χ1n) is 7.00. The average Bonchev–Trinajstić information content (AvgIpc) is 2.36. The molecular weight excluding hydrogens is 252 g/mol. The van der Waals surface area contributed by atoms with E-state index in [9.17, 15) is 4.79 Å². The number of aliphatic hydroxyl groups is 1. The van der Waals surface area contributed by atoms with Crippen molar-refractivity contribution >= 4 is 11.6 Å². The van der Waals surface area contributed by atoms with Crippen molar-refractivity contribution in [2.24, 2.45) is 5.41 Å². The van der Waals surface area contributed by atoms with Crippen LogP contribution in [0.4, 0.5) is 5.69 Å². The summed E-state index contributed by atoms with van der Waals surface area (Å²) in [4.78, 5) is 12.1. The van der Waals surface area contributed by atoms with Gasteiger partial charge in [0, 0.05) is 23.8 Å². The van der Waals surface area contributed by atoms with Gasteiger partial charge in [0.2, 0.25) is 0 Å². The predicted octanol–water partition coefficient (Wildman–Crippen LogP) is 2.56. The van der Waals surface area contributed by atoms with Gasteiger partial charge in [-0.1, -0.05) is 26.8 Å². The molecule has 0 saturated heterocycles. The Kier molecular flexibility index (Phi) is 5.57. The Bertz CT molecular complexity index is 464. The highest BCUT2D eigenvalue weighted by molar-refractivity contribution is 5.97. The zero-order chi connectivity index (χ0) is 15.3. The molecule has 1 rings (SSSR count). The van der Waals surface area contributed by atoms with Crippen molar-refractivity contribution in [2.75, 3.05) is 18.5 Å². The lowest BCUT2D eigenvalue weighted by atomic mass is 9.96. The Morgan fingerprint density at radius 1 is 1.35 bits per heavy atom.